The van der Waals surface area contributed by atoms with E-state index in [-0.39, 0.29) is 5.91 Å². The van der Waals surface area contributed by atoms with E-state index in [0.29, 0.717) is 19.4 Å². The highest BCUT2D eigenvalue weighted by atomic mass is 16.2. The second kappa shape index (κ2) is 3.97. The third-order valence-corrected chi connectivity index (χ3v) is 4.22. The van der Waals surface area contributed by atoms with E-state index >= 15 is 0 Å². The maximum Gasteiger partial charge on any atom is 0.227 e. The number of carbonyl (C=O) groups is 1. The lowest BCUT2D eigenvalue weighted by Crippen LogP contribution is -2.38. The summed E-state index contributed by atoms with van der Waals surface area (Å²) in [6, 6.07) is 10.4. The SMILES string of the molecule is N#CC1=C2c3[nH]c4ccccc4c3CCN2C(=O)CC1. The van der Waals surface area contributed by atoms with E-state index in [2.05, 4.69) is 17.1 Å². The lowest BCUT2D eigenvalue weighted by atomic mass is 9.93. The molecule has 0 fully saturated rings. The average Bonchev–Trinajstić information content (AvgIpc) is 2.86. The van der Waals surface area contributed by atoms with E-state index in [1.807, 2.05) is 18.2 Å². The van der Waals surface area contributed by atoms with Crippen molar-refractivity contribution in [2.24, 2.45) is 0 Å². The van der Waals surface area contributed by atoms with Gasteiger partial charge in [0.05, 0.1) is 23.0 Å². The molecule has 4 rings (SSSR count). The number of allylic oxidation sites excluding steroid dienone is 1. The second-order valence-corrected chi connectivity index (χ2v) is 5.26. The van der Waals surface area contributed by atoms with Gasteiger partial charge in [-0.25, -0.2) is 0 Å². The van der Waals surface area contributed by atoms with Crippen LogP contribution in [0.15, 0.2) is 29.8 Å². The van der Waals surface area contributed by atoms with Crippen LogP contribution in [-0.4, -0.2) is 22.3 Å². The fraction of sp³-hybridized carbons (Fsp3) is 0.250. The summed E-state index contributed by atoms with van der Waals surface area (Å²) in [5, 5.41) is 10.6. The molecule has 0 aliphatic carbocycles. The number of hydrogen-bond donors (Lipinski definition) is 1. The van der Waals surface area contributed by atoms with Crippen molar-refractivity contribution in [3.05, 3.63) is 41.1 Å². The van der Waals surface area contributed by atoms with Gasteiger partial charge in [-0.1, -0.05) is 18.2 Å². The van der Waals surface area contributed by atoms with E-state index in [1.165, 1.54) is 10.9 Å². The molecule has 0 saturated carbocycles. The van der Waals surface area contributed by atoms with Crippen LogP contribution in [0, 0.1) is 11.3 Å². The Labute approximate surface area is 116 Å². The number of nitrogens with one attached hydrogen (secondary N) is 1. The topological polar surface area (TPSA) is 59.9 Å². The monoisotopic (exact) mass is 263 g/mol. The molecule has 4 nitrogen and oxygen atoms in total. The Morgan fingerprint density at radius 1 is 1.20 bits per heavy atom. The molecular formula is C16H13N3O. The minimum Gasteiger partial charge on any atom is -0.353 e. The summed E-state index contributed by atoms with van der Waals surface area (Å²) in [6.45, 7) is 0.675. The molecule has 0 unspecified atom stereocenters. The second-order valence-electron chi connectivity index (χ2n) is 5.26. The van der Waals surface area contributed by atoms with E-state index < -0.39 is 0 Å². The number of benzene rings is 1. The van der Waals surface area contributed by atoms with Crippen LogP contribution < -0.4 is 0 Å². The summed E-state index contributed by atoms with van der Waals surface area (Å²) < 4.78 is 0. The molecule has 1 amide bonds. The van der Waals surface area contributed by atoms with Crippen LogP contribution in [0.2, 0.25) is 0 Å². The summed E-state index contributed by atoms with van der Waals surface area (Å²) >= 11 is 0. The Balaban J connectivity index is 2.04. The molecule has 1 aromatic carbocycles. The summed E-state index contributed by atoms with van der Waals surface area (Å²) in [4.78, 5) is 17.3. The predicted molar refractivity (Wildman–Crippen MR) is 75.5 cm³/mol. The molecule has 2 aliphatic rings. The molecule has 3 heterocycles. The number of hydrogen-bond acceptors (Lipinski definition) is 2. The maximum atomic E-state index is 12.1. The van der Waals surface area contributed by atoms with E-state index in [9.17, 15) is 10.1 Å². The molecule has 1 aromatic heterocycles. The number of aromatic amines is 1. The molecule has 0 atom stereocenters. The van der Waals surface area contributed by atoms with Gasteiger partial charge in [-0.3, -0.25) is 4.79 Å². The van der Waals surface area contributed by atoms with Crippen molar-refractivity contribution in [2.45, 2.75) is 19.3 Å². The number of carbonyl (C=O) groups excluding carboxylic acids is 1. The lowest BCUT2D eigenvalue weighted by molar-refractivity contribution is -0.128. The molecule has 1 N–H and O–H groups in total. The first kappa shape index (κ1) is 11.3. The van der Waals surface area contributed by atoms with Crippen molar-refractivity contribution in [3.8, 4) is 6.07 Å². The smallest absolute Gasteiger partial charge is 0.227 e. The van der Waals surface area contributed by atoms with Crippen LogP contribution in [0.4, 0.5) is 0 Å². The van der Waals surface area contributed by atoms with Crippen molar-refractivity contribution in [2.75, 3.05) is 6.54 Å². The molecule has 2 aromatic rings. The zero-order valence-electron chi connectivity index (χ0n) is 10.9. The van der Waals surface area contributed by atoms with Crippen molar-refractivity contribution < 1.29 is 4.79 Å². The summed E-state index contributed by atoms with van der Waals surface area (Å²) in [7, 11) is 0. The molecule has 0 spiro atoms. The highest BCUT2D eigenvalue weighted by Crippen LogP contribution is 2.38. The predicted octanol–water partition coefficient (Wildman–Crippen LogP) is 2.58. The normalized spacial score (nSPS) is 17.9. The molecule has 0 radical (unpaired) electrons. The fourth-order valence-electron chi connectivity index (χ4n) is 3.29. The minimum absolute atomic E-state index is 0.128. The first-order valence-corrected chi connectivity index (χ1v) is 6.83. The van der Waals surface area contributed by atoms with Crippen LogP contribution >= 0.6 is 0 Å². The van der Waals surface area contributed by atoms with Crippen molar-refractivity contribution in [1.29, 1.82) is 5.26 Å². The highest BCUT2D eigenvalue weighted by molar-refractivity contribution is 5.97. The van der Waals surface area contributed by atoms with Gasteiger partial charge in [0, 0.05) is 23.9 Å². The largest absolute Gasteiger partial charge is 0.353 e. The fourth-order valence-corrected chi connectivity index (χ4v) is 3.29. The van der Waals surface area contributed by atoms with Gasteiger partial charge in [0.2, 0.25) is 5.91 Å². The first-order valence-electron chi connectivity index (χ1n) is 6.83. The van der Waals surface area contributed by atoms with Gasteiger partial charge in [0.15, 0.2) is 0 Å². The number of fused-ring (bicyclic) bond motifs is 5. The average molecular weight is 263 g/mol. The lowest BCUT2D eigenvalue weighted by Gasteiger charge is -2.33. The summed E-state index contributed by atoms with van der Waals surface area (Å²) in [5.41, 5.74) is 4.79. The van der Waals surface area contributed by atoms with Gasteiger partial charge in [-0.2, -0.15) is 5.26 Å². The summed E-state index contributed by atoms with van der Waals surface area (Å²) in [5.74, 6) is 0.128. The third-order valence-electron chi connectivity index (χ3n) is 4.22. The van der Waals surface area contributed by atoms with Crippen LogP contribution in [0.1, 0.15) is 24.1 Å². The highest BCUT2D eigenvalue weighted by Gasteiger charge is 2.33. The van der Waals surface area contributed by atoms with Gasteiger partial charge < -0.3 is 9.88 Å². The zero-order chi connectivity index (χ0) is 13.7. The molecule has 98 valence electrons. The van der Waals surface area contributed by atoms with Crippen molar-refractivity contribution in [3.63, 3.8) is 0 Å². The molecule has 2 aliphatic heterocycles. The van der Waals surface area contributed by atoms with E-state index in [0.717, 1.165) is 28.9 Å². The molecule has 0 bridgehead atoms. The van der Waals surface area contributed by atoms with E-state index in [4.69, 9.17) is 0 Å². The molecule has 0 saturated heterocycles. The maximum absolute atomic E-state index is 12.1. The van der Waals surface area contributed by atoms with E-state index in [1.54, 1.807) is 4.90 Å². The Bertz CT molecular complexity index is 807. The minimum atomic E-state index is 0.128. The number of nitrogens with zero attached hydrogens (tertiary/aromatic N) is 2. The van der Waals surface area contributed by atoms with Gasteiger partial charge in [-0.05, 0) is 24.5 Å². The standard InChI is InChI=1S/C16H13N3O/c17-9-10-5-6-14(20)19-8-7-12-11-3-1-2-4-13(11)18-15(12)16(10)19/h1-4,18H,5-8H2. The van der Waals surface area contributed by atoms with Gasteiger partial charge in [0.25, 0.3) is 0 Å². The Hall–Kier alpha value is -2.54. The Morgan fingerprint density at radius 3 is 2.90 bits per heavy atom. The van der Waals surface area contributed by atoms with Crippen LogP contribution in [0.3, 0.4) is 0 Å². The Kier molecular flexibility index (Phi) is 2.25. The summed E-state index contributed by atoms with van der Waals surface area (Å²) in [6.07, 6.45) is 1.84. The van der Waals surface area contributed by atoms with Gasteiger partial charge in [-0.15, -0.1) is 0 Å². The molecule has 20 heavy (non-hydrogen) atoms. The van der Waals surface area contributed by atoms with Gasteiger partial charge in [0.1, 0.15) is 0 Å². The van der Waals surface area contributed by atoms with Gasteiger partial charge >= 0.3 is 0 Å². The number of rotatable bonds is 0. The number of H-pyrrole nitrogens is 1. The number of aromatic nitrogens is 1. The third kappa shape index (κ3) is 1.38. The Morgan fingerprint density at radius 2 is 2.05 bits per heavy atom. The van der Waals surface area contributed by atoms with Crippen molar-refractivity contribution >= 4 is 22.5 Å². The van der Waals surface area contributed by atoms with Crippen molar-refractivity contribution in [1.82, 2.24) is 9.88 Å². The molecule has 4 heteroatoms. The number of amides is 1. The first-order chi connectivity index (χ1) is 9.79. The molecular weight excluding hydrogens is 250 g/mol. The van der Waals surface area contributed by atoms with Crippen LogP contribution in [0.5, 0.6) is 0 Å². The zero-order valence-corrected chi connectivity index (χ0v) is 10.9. The van der Waals surface area contributed by atoms with Crippen LogP contribution in [0.25, 0.3) is 16.6 Å². The van der Waals surface area contributed by atoms with Crippen LogP contribution in [-0.2, 0) is 11.2 Å². The number of para-hydroxylation sites is 1. The quantitative estimate of drug-likeness (QED) is 0.794. The number of nitriles is 1.